The van der Waals surface area contributed by atoms with Gasteiger partial charge in [-0.3, -0.25) is 0 Å². The maximum atomic E-state index is 2.45. The van der Waals surface area contributed by atoms with Gasteiger partial charge in [-0.25, -0.2) is 0 Å². The zero-order valence-electron chi connectivity index (χ0n) is 12.6. The Balaban J connectivity index is 3.58. The molecule has 0 aliphatic rings. The largest absolute Gasteiger partial charge is 0.378 e. The van der Waals surface area contributed by atoms with Crippen LogP contribution in [0, 0.1) is 0 Å². The molecule has 0 atom stereocenters. The van der Waals surface area contributed by atoms with E-state index in [-0.39, 0.29) is 0 Å². The Bertz CT molecular complexity index is 184. The van der Waals surface area contributed by atoms with Gasteiger partial charge in [0, 0.05) is 19.3 Å². The summed E-state index contributed by atoms with van der Waals surface area (Å²) < 4.78 is 0. The van der Waals surface area contributed by atoms with Gasteiger partial charge >= 0.3 is 0 Å². The molecular formula is C16H33N. The Hall–Kier alpha value is -0.460. The molecule has 0 saturated carbocycles. The first-order valence-electron chi connectivity index (χ1n) is 7.62. The van der Waals surface area contributed by atoms with Crippen LogP contribution >= 0.6 is 0 Å². The zero-order valence-corrected chi connectivity index (χ0v) is 12.6. The van der Waals surface area contributed by atoms with Crippen LogP contribution < -0.4 is 0 Å². The van der Waals surface area contributed by atoms with Crippen molar-refractivity contribution in [1.29, 1.82) is 0 Å². The summed E-state index contributed by atoms with van der Waals surface area (Å²) in [6.07, 6.45) is 14.5. The van der Waals surface area contributed by atoms with E-state index in [2.05, 4.69) is 38.8 Å². The van der Waals surface area contributed by atoms with Gasteiger partial charge < -0.3 is 4.90 Å². The van der Waals surface area contributed by atoms with Crippen LogP contribution in [0.4, 0.5) is 0 Å². The average Bonchev–Trinajstić information content (AvgIpc) is 2.34. The van der Waals surface area contributed by atoms with Crippen LogP contribution in [0.5, 0.6) is 0 Å². The van der Waals surface area contributed by atoms with E-state index in [1.807, 2.05) is 0 Å². The molecule has 0 bridgehead atoms. The minimum atomic E-state index is 1.23. The average molecular weight is 239 g/mol. The van der Waals surface area contributed by atoms with Crippen LogP contribution in [0.1, 0.15) is 78.6 Å². The molecule has 0 amide bonds. The molecule has 0 aromatic heterocycles. The van der Waals surface area contributed by atoms with Crippen molar-refractivity contribution in [2.75, 3.05) is 13.6 Å². The van der Waals surface area contributed by atoms with Gasteiger partial charge in [-0.1, -0.05) is 58.4 Å². The number of unbranched alkanes of at least 4 members (excludes halogenated alkanes) is 6. The van der Waals surface area contributed by atoms with Crippen LogP contribution in [0.2, 0.25) is 0 Å². The summed E-state index contributed by atoms with van der Waals surface area (Å²) in [6.45, 7) is 7.94. The molecule has 0 aromatic rings. The van der Waals surface area contributed by atoms with E-state index in [0.29, 0.717) is 0 Å². The standard InChI is InChI=1S/C16H33N/c1-5-8-10-11-12-13-15-17(4)16(7-3)14-9-6-2/h7H,5-6,8-15H2,1-4H3. The highest BCUT2D eigenvalue weighted by Crippen LogP contribution is 2.13. The zero-order chi connectivity index (χ0) is 12.9. The second kappa shape index (κ2) is 12.0. The third-order valence-corrected chi connectivity index (χ3v) is 3.46. The summed E-state index contributed by atoms with van der Waals surface area (Å²) in [5, 5.41) is 0. The summed E-state index contributed by atoms with van der Waals surface area (Å²) in [7, 11) is 2.25. The molecule has 0 saturated heterocycles. The predicted octanol–water partition coefficient (Wildman–Crippen LogP) is 5.37. The summed E-state index contributed by atoms with van der Waals surface area (Å²) in [5.74, 6) is 0. The van der Waals surface area contributed by atoms with Gasteiger partial charge in [-0.05, 0) is 26.2 Å². The SMILES string of the molecule is CC=C(CCCC)N(C)CCCCCCCC. The highest BCUT2D eigenvalue weighted by atomic mass is 15.1. The molecule has 0 aliphatic carbocycles. The minimum absolute atomic E-state index is 1.23. The van der Waals surface area contributed by atoms with Crippen molar-refractivity contribution in [3.8, 4) is 0 Å². The molecule has 0 rings (SSSR count). The fraction of sp³-hybridized carbons (Fsp3) is 0.875. The lowest BCUT2D eigenvalue weighted by Gasteiger charge is -2.22. The van der Waals surface area contributed by atoms with Gasteiger partial charge in [0.1, 0.15) is 0 Å². The molecule has 0 N–H and O–H groups in total. The lowest BCUT2D eigenvalue weighted by atomic mass is 10.1. The summed E-state index contributed by atoms with van der Waals surface area (Å²) in [4.78, 5) is 2.45. The van der Waals surface area contributed by atoms with Crippen molar-refractivity contribution in [3.63, 3.8) is 0 Å². The second-order valence-corrected chi connectivity index (χ2v) is 5.07. The molecule has 17 heavy (non-hydrogen) atoms. The first kappa shape index (κ1) is 16.5. The normalized spacial score (nSPS) is 11.9. The fourth-order valence-corrected chi connectivity index (χ4v) is 2.19. The monoisotopic (exact) mass is 239 g/mol. The highest BCUT2D eigenvalue weighted by molar-refractivity contribution is 4.98. The molecule has 0 fully saturated rings. The van der Waals surface area contributed by atoms with Crippen molar-refractivity contribution in [2.45, 2.75) is 78.6 Å². The Morgan fingerprint density at radius 2 is 1.47 bits per heavy atom. The maximum Gasteiger partial charge on any atom is 0.0171 e. The Labute approximate surface area is 109 Å². The van der Waals surface area contributed by atoms with E-state index in [0.717, 1.165) is 0 Å². The quantitative estimate of drug-likeness (QED) is 0.438. The second-order valence-electron chi connectivity index (χ2n) is 5.07. The van der Waals surface area contributed by atoms with Gasteiger partial charge in [0.15, 0.2) is 0 Å². The molecular weight excluding hydrogens is 206 g/mol. The molecule has 0 spiro atoms. The van der Waals surface area contributed by atoms with Crippen molar-refractivity contribution in [3.05, 3.63) is 11.8 Å². The topological polar surface area (TPSA) is 3.24 Å². The van der Waals surface area contributed by atoms with E-state index in [9.17, 15) is 0 Å². The van der Waals surface area contributed by atoms with E-state index in [1.54, 1.807) is 0 Å². The maximum absolute atomic E-state index is 2.45. The summed E-state index contributed by atoms with van der Waals surface area (Å²) >= 11 is 0. The minimum Gasteiger partial charge on any atom is -0.378 e. The van der Waals surface area contributed by atoms with Crippen molar-refractivity contribution < 1.29 is 0 Å². The van der Waals surface area contributed by atoms with Crippen molar-refractivity contribution in [2.24, 2.45) is 0 Å². The van der Waals surface area contributed by atoms with Crippen LogP contribution in [0.25, 0.3) is 0 Å². The number of nitrogens with zero attached hydrogens (tertiary/aromatic N) is 1. The molecule has 1 nitrogen and oxygen atoms in total. The summed E-state index contributed by atoms with van der Waals surface area (Å²) in [6, 6.07) is 0. The Morgan fingerprint density at radius 3 is 2.06 bits per heavy atom. The van der Waals surface area contributed by atoms with E-state index < -0.39 is 0 Å². The Morgan fingerprint density at radius 1 is 0.882 bits per heavy atom. The van der Waals surface area contributed by atoms with Gasteiger partial charge in [0.05, 0.1) is 0 Å². The fourth-order valence-electron chi connectivity index (χ4n) is 2.19. The molecule has 102 valence electrons. The third kappa shape index (κ3) is 9.26. The highest BCUT2D eigenvalue weighted by Gasteiger charge is 2.02. The van der Waals surface area contributed by atoms with Gasteiger partial charge in [-0.15, -0.1) is 0 Å². The first-order chi connectivity index (χ1) is 8.26. The van der Waals surface area contributed by atoms with E-state index in [4.69, 9.17) is 0 Å². The number of hydrogen-bond acceptors (Lipinski definition) is 1. The van der Waals surface area contributed by atoms with Crippen molar-refractivity contribution >= 4 is 0 Å². The molecule has 0 radical (unpaired) electrons. The lowest BCUT2D eigenvalue weighted by Crippen LogP contribution is -2.19. The van der Waals surface area contributed by atoms with Crippen LogP contribution in [0.3, 0.4) is 0 Å². The number of hydrogen-bond donors (Lipinski definition) is 0. The number of allylic oxidation sites excluding steroid dienone is 2. The van der Waals surface area contributed by atoms with Crippen LogP contribution in [-0.2, 0) is 0 Å². The summed E-state index contributed by atoms with van der Waals surface area (Å²) in [5.41, 5.74) is 1.53. The molecule has 0 aliphatic heterocycles. The molecule has 0 aromatic carbocycles. The van der Waals surface area contributed by atoms with E-state index >= 15 is 0 Å². The number of rotatable bonds is 11. The molecule has 0 unspecified atom stereocenters. The third-order valence-electron chi connectivity index (χ3n) is 3.46. The van der Waals surface area contributed by atoms with E-state index in [1.165, 1.54) is 70.0 Å². The van der Waals surface area contributed by atoms with Gasteiger partial charge in [-0.2, -0.15) is 0 Å². The first-order valence-corrected chi connectivity index (χ1v) is 7.62. The Kier molecular flexibility index (Phi) is 11.7. The predicted molar refractivity (Wildman–Crippen MR) is 79.3 cm³/mol. The molecule has 1 heteroatoms. The van der Waals surface area contributed by atoms with Crippen molar-refractivity contribution in [1.82, 2.24) is 4.90 Å². The molecule has 0 heterocycles. The lowest BCUT2D eigenvalue weighted by molar-refractivity contribution is 0.380. The van der Waals surface area contributed by atoms with Crippen LogP contribution in [0.15, 0.2) is 11.8 Å². The van der Waals surface area contributed by atoms with Crippen LogP contribution in [-0.4, -0.2) is 18.5 Å². The van der Waals surface area contributed by atoms with Gasteiger partial charge in [0.2, 0.25) is 0 Å². The smallest absolute Gasteiger partial charge is 0.0171 e. The van der Waals surface area contributed by atoms with Gasteiger partial charge in [0.25, 0.3) is 0 Å².